The average molecular weight is 510 g/mol. The van der Waals surface area contributed by atoms with Gasteiger partial charge in [-0.15, -0.1) is 24.0 Å². The highest BCUT2D eigenvalue weighted by atomic mass is 127. The molecule has 2 aromatic rings. The predicted molar refractivity (Wildman–Crippen MR) is 129 cm³/mol. The molecule has 0 aromatic heterocycles. The molecule has 0 saturated heterocycles. The largest absolute Gasteiger partial charge is 0.496 e. The van der Waals surface area contributed by atoms with Crippen LogP contribution in [0.3, 0.4) is 0 Å². The molecule has 7 heteroatoms. The highest BCUT2D eigenvalue weighted by molar-refractivity contribution is 14.0. The van der Waals surface area contributed by atoms with Crippen molar-refractivity contribution < 1.29 is 9.53 Å². The van der Waals surface area contributed by atoms with Crippen molar-refractivity contribution in [2.24, 2.45) is 4.99 Å². The highest BCUT2D eigenvalue weighted by Crippen LogP contribution is 2.16. The Bertz CT molecular complexity index is 811. The van der Waals surface area contributed by atoms with Crippen LogP contribution in [0, 0.1) is 0 Å². The van der Waals surface area contributed by atoms with E-state index in [1.165, 1.54) is 0 Å². The summed E-state index contributed by atoms with van der Waals surface area (Å²) in [7, 11) is 3.39. The van der Waals surface area contributed by atoms with Crippen LogP contribution in [-0.2, 0) is 13.1 Å². The second-order valence-electron chi connectivity index (χ2n) is 6.57. The van der Waals surface area contributed by atoms with Gasteiger partial charge in [0.1, 0.15) is 5.75 Å². The van der Waals surface area contributed by atoms with Crippen LogP contribution in [-0.4, -0.2) is 32.1 Å². The zero-order valence-electron chi connectivity index (χ0n) is 17.5. The van der Waals surface area contributed by atoms with E-state index in [1.807, 2.05) is 55.5 Å². The SMILES string of the molecule is CCC(C)NC(=O)c1cccc(CNC(=NC)NCc2ccccc2OC)c1.I. The van der Waals surface area contributed by atoms with Gasteiger partial charge in [-0.3, -0.25) is 9.79 Å². The Balaban J connectivity index is 0.00000420. The van der Waals surface area contributed by atoms with Crippen molar-refractivity contribution in [1.29, 1.82) is 0 Å². The smallest absolute Gasteiger partial charge is 0.251 e. The maximum atomic E-state index is 12.3. The van der Waals surface area contributed by atoms with E-state index in [0.717, 1.165) is 23.3 Å². The van der Waals surface area contributed by atoms with Crippen LogP contribution in [0.4, 0.5) is 0 Å². The Kier molecular flexibility index (Phi) is 11.1. The molecule has 158 valence electrons. The molecule has 1 atom stereocenters. The van der Waals surface area contributed by atoms with Crippen molar-refractivity contribution in [2.45, 2.75) is 39.4 Å². The Morgan fingerprint density at radius 1 is 1.10 bits per heavy atom. The normalized spacial score (nSPS) is 11.8. The summed E-state index contributed by atoms with van der Waals surface area (Å²) in [4.78, 5) is 16.6. The minimum atomic E-state index is -0.0464. The molecule has 0 heterocycles. The molecular weight excluding hydrogens is 479 g/mol. The second-order valence-corrected chi connectivity index (χ2v) is 6.57. The minimum Gasteiger partial charge on any atom is -0.496 e. The van der Waals surface area contributed by atoms with Crippen molar-refractivity contribution >= 4 is 35.8 Å². The topological polar surface area (TPSA) is 74.8 Å². The van der Waals surface area contributed by atoms with Gasteiger partial charge in [-0.25, -0.2) is 0 Å². The van der Waals surface area contributed by atoms with E-state index >= 15 is 0 Å². The first kappa shape index (κ1) is 24.7. The fourth-order valence-corrected chi connectivity index (χ4v) is 2.67. The first-order valence-electron chi connectivity index (χ1n) is 9.53. The number of amides is 1. The van der Waals surface area contributed by atoms with Crippen LogP contribution in [0.5, 0.6) is 5.75 Å². The number of benzene rings is 2. The summed E-state index contributed by atoms with van der Waals surface area (Å²) in [6, 6.07) is 15.6. The summed E-state index contributed by atoms with van der Waals surface area (Å²) < 4.78 is 5.37. The van der Waals surface area contributed by atoms with Crippen LogP contribution >= 0.6 is 24.0 Å². The number of carbonyl (C=O) groups excluding carboxylic acids is 1. The summed E-state index contributed by atoms with van der Waals surface area (Å²) in [5.74, 6) is 1.47. The number of carbonyl (C=O) groups is 1. The van der Waals surface area contributed by atoms with Crippen molar-refractivity contribution in [2.75, 3.05) is 14.2 Å². The molecular formula is C22H31IN4O2. The van der Waals surface area contributed by atoms with Crippen LogP contribution in [0.15, 0.2) is 53.5 Å². The minimum absolute atomic E-state index is 0. The Labute approximate surface area is 190 Å². The maximum Gasteiger partial charge on any atom is 0.251 e. The number of methoxy groups -OCH3 is 1. The zero-order chi connectivity index (χ0) is 20.4. The van der Waals surface area contributed by atoms with Gasteiger partial charge in [0, 0.05) is 37.3 Å². The summed E-state index contributed by atoms with van der Waals surface area (Å²) >= 11 is 0. The molecule has 0 fully saturated rings. The number of rotatable bonds is 8. The van der Waals surface area contributed by atoms with E-state index < -0.39 is 0 Å². The van der Waals surface area contributed by atoms with Crippen molar-refractivity contribution in [3.8, 4) is 5.75 Å². The van der Waals surface area contributed by atoms with E-state index in [1.54, 1.807) is 14.2 Å². The van der Waals surface area contributed by atoms with Gasteiger partial charge in [0.25, 0.3) is 5.91 Å². The van der Waals surface area contributed by atoms with E-state index in [4.69, 9.17) is 4.74 Å². The van der Waals surface area contributed by atoms with E-state index in [-0.39, 0.29) is 35.9 Å². The molecule has 6 nitrogen and oxygen atoms in total. The number of guanidine groups is 1. The molecule has 0 bridgehead atoms. The van der Waals surface area contributed by atoms with Gasteiger partial charge >= 0.3 is 0 Å². The number of hydrogen-bond donors (Lipinski definition) is 3. The molecule has 0 spiro atoms. The predicted octanol–water partition coefficient (Wildman–Crippen LogP) is 3.71. The lowest BCUT2D eigenvalue weighted by molar-refractivity contribution is 0.0939. The third-order valence-corrected chi connectivity index (χ3v) is 4.50. The van der Waals surface area contributed by atoms with Crippen molar-refractivity contribution in [1.82, 2.24) is 16.0 Å². The third-order valence-electron chi connectivity index (χ3n) is 4.50. The first-order chi connectivity index (χ1) is 13.6. The molecule has 29 heavy (non-hydrogen) atoms. The van der Waals surface area contributed by atoms with E-state index in [9.17, 15) is 4.79 Å². The summed E-state index contributed by atoms with van der Waals surface area (Å²) in [5, 5.41) is 9.55. The fraction of sp³-hybridized carbons (Fsp3) is 0.364. The molecule has 0 radical (unpaired) electrons. The molecule has 0 aliphatic heterocycles. The van der Waals surface area contributed by atoms with Gasteiger partial charge in [-0.1, -0.05) is 37.3 Å². The molecule has 0 aliphatic carbocycles. The van der Waals surface area contributed by atoms with Crippen LogP contribution < -0.4 is 20.7 Å². The number of halogens is 1. The maximum absolute atomic E-state index is 12.3. The average Bonchev–Trinajstić information content (AvgIpc) is 2.74. The van der Waals surface area contributed by atoms with Gasteiger partial charge in [0.15, 0.2) is 5.96 Å². The van der Waals surface area contributed by atoms with E-state index in [2.05, 4.69) is 27.9 Å². The Morgan fingerprint density at radius 3 is 2.52 bits per heavy atom. The second kappa shape index (κ2) is 13.0. The number of aliphatic imine (C=N–C) groups is 1. The fourth-order valence-electron chi connectivity index (χ4n) is 2.67. The van der Waals surface area contributed by atoms with Crippen LogP contribution in [0.1, 0.15) is 41.8 Å². The Hall–Kier alpha value is -2.29. The molecule has 1 unspecified atom stereocenters. The molecule has 3 N–H and O–H groups in total. The summed E-state index contributed by atoms with van der Waals surface area (Å²) in [5.41, 5.74) is 2.73. The lowest BCUT2D eigenvalue weighted by atomic mass is 10.1. The number of ether oxygens (including phenoxy) is 1. The number of para-hydroxylation sites is 1. The highest BCUT2D eigenvalue weighted by Gasteiger charge is 2.09. The molecule has 1 amide bonds. The molecule has 2 rings (SSSR count). The summed E-state index contributed by atoms with van der Waals surface area (Å²) in [6.07, 6.45) is 0.904. The number of nitrogens with one attached hydrogen (secondary N) is 3. The van der Waals surface area contributed by atoms with Gasteiger partial charge in [-0.2, -0.15) is 0 Å². The Morgan fingerprint density at radius 2 is 1.83 bits per heavy atom. The zero-order valence-corrected chi connectivity index (χ0v) is 19.8. The quantitative estimate of drug-likeness (QED) is 0.288. The van der Waals surface area contributed by atoms with E-state index in [0.29, 0.717) is 24.6 Å². The number of hydrogen-bond acceptors (Lipinski definition) is 3. The van der Waals surface area contributed by atoms with Gasteiger partial charge in [0.2, 0.25) is 0 Å². The van der Waals surface area contributed by atoms with Crippen molar-refractivity contribution in [3.05, 3.63) is 65.2 Å². The van der Waals surface area contributed by atoms with Crippen LogP contribution in [0.25, 0.3) is 0 Å². The molecule has 2 aromatic carbocycles. The van der Waals surface area contributed by atoms with Gasteiger partial charge in [-0.05, 0) is 37.1 Å². The van der Waals surface area contributed by atoms with Gasteiger partial charge in [0.05, 0.1) is 7.11 Å². The lowest BCUT2D eigenvalue weighted by Crippen LogP contribution is -2.36. The third kappa shape index (κ3) is 7.92. The van der Waals surface area contributed by atoms with Gasteiger partial charge < -0.3 is 20.7 Å². The lowest BCUT2D eigenvalue weighted by Gasteiger charge is -2.14. The van der Waals surface area contributed by atoms with Crippen molar-refractivity contribution in [3.63, 3.8) is 0 Å². The summed E-state index contributed by atoms with van der Waals surface area (Å²) in [6.45, 7) is 5.21. The monoisotopic (exact) mass is 510 g/mol. The molecule has 0 saturated carbocycles. The standard InChI is InChI=1S/C22H30N4O2.HI/c1-5-16(2)26-21(27)18-11-8-9-17(13-18)14-24-22(23-3)25-15-19-10-6-7-12-20(19)28-4;/h6-13,16H,5,14-15H2,1-4H3,(H,26,27)(H2,23,24,25);1H. The molecule has 0 aliphatic rings. The van der Waals surface area contributed by atoms with Crippen LogP contribution in [0.2, 0.25) is 0 Å². The first-order valence-corrected chi connectivity index (χ1v) is 9.53. The number of nitrogens with zero attached hydrogens (tertiary/aromatic N) is 1.